The fourth-order valence-electron chi connectivity index (χ4n) is 2.57. The average Bonchev–Trinajstić information content (AvgIpc) is 3.08. The molecular formula is C18H23NO4. The van der Waals surface area contributed by atoms with Crippen LogP contribution in [0.3, 0.4) is 0 Å². The summed E-state index contributed by atoms with van der Waals surface area (Å²) in [5.74, 6) is -0.158. The average molecular weight is 317 g/mol. The van der Waals surface area contributed by atoms with Gasteiger partial charge in [0.05, 0.1) is 12.3 Å². The summed E-state index contributed by atoms with van der Waals surface area (Å²) >= 11 is 0. The zero-order valence-electron chi connectivity index (χ0n) is 13.0. The Morgan fingerprint density at radius 2 is 1.91 bits per heavy atom. The van der Waals surface area contributed by atoms with Crippen molar-refractivity contribution in [3.63, 3.8) is 0 Å². The van der Waals surface area contributed by atoms with Crippen LogP contribution in [0.1, 0.15) is 36.6 Å². The largest absolute Gasteiger partial charge is 0.480 e. The van der Waals surface area contributed by atoms with E-state index in [1.807, 2.05) is 36.4 Å². The molecule has 1 heterocycles. The molecule has 0 bridgehead atoms. The van der Waals surface area contributed by atoms with Crippen LogP contribution in [0.5, 0.6) is 0 Å². The first-order chi connectivity index (χ1) is 11.2. The number of rotatable bonds is 10. The van der Waals surface area contributed by atoms with E-state index in [2.05, 4.69) is 5.32 Å². The van der Waals surface area contributed by atoms with Crippen LogP contribution in [0.2, 0.25) is 0 Å². The molecule has 0 saturated carbocycles. The minimum absolute atomic E-state index is 0.136. The number of unbranched alkanes of at least 4 members (excludes halogenated alkanes) is 1. The first kappa shape index (κ1) is 17.2. The van der Waals surface area contributed by atoms with Gasteiger partial charge in [-0.25, -0.2) is 0 Å². The highest BCUT2D eigenvalue weighted by Crippen LogP contribution is 2.21. The van der Waals surface area contributed by atoms with Crippen LogP contribution in [0.25, 0.3) is 0 Å². The van der Waals surface area contributed by atoms with E-state index >= 15 is 0 Å². The SMILES string of the molecule is O=C(O)C(Cc1ccccc1)NC(CCCCO)c1ccco1. The molecule has 2 aromatic rings. The van der Waals surface area contributed by atoms with Crippen molar-refractivity contribution < 1.29 is 19.4 Å². The van der Waals surface area contributed by atoms with E-state index < -0.39 is 12.0 Å². The lowest BCUT2D eigenvalue weighted by Crippen LogP contribution is -2.40. The van der Waals surface area contributed by atoms with Crippen molar-refractivity contribution >= 4 is 5.97 Å². The van der Waals surface area contributed by atoms with Crippen LogP contribution in [0.4, 0.5) is 0 Å². The van der Waals surface area contributed by atoms with E-state index in [-0.39, 0.29) is 12.6 Å². The van der Waals surface area contributed by atoms with Crippen molar-refractivity contribution in [2.45, 2.75) is 37.8 Å². The number of carbonyl (C=O) groups is 1. The fourth-order valence-corrected chi connectivity index (χ4v) is 2.57. The Morgan fingerprint density at radius 1 is 1.13 bits per heavy atom. The van der Waals surface area contributed by atoms with Gasteiger partial charge in [0.2, 0.25) is 0 Å². The lowest BCUT2D eigenvalue weighted by Gasteiger charge is -2.22. The predicted molar refractivity (Wildman–Crippen MR) is 87.1 cm³/mol. The molecule has 0 fully saturated rings. The van der Waals surface area contributed by atoms with Gasteiger partial charge in [0.15, 0.2) is 0 Å². The van der Waals surface area contributed by atoms with Crippen molar-refractivity contribution in [3.05, 3.63) is 60.1 Å². The van der Waals surface area contributed by atoms with Crippen LogP contribution >= 0.6 is 0 Å². The summed E-state index contributed by atoms with van der Waals surface area (Å²) in [5.41, 5.74) is 0.973. The van der Waals surface area contributed by atoms with Gasteiger partial charge in [-0.1, -0.05) is 30.3 Å². The number of aliphatic hydroxyl groups is 1. The molecule has 1 aromatic heterocycles. The van der Waals surface area contributed by atoms with E-state index in [0.717, 1.165) is 17.7 Å². The molecule has 23 heavy (non-hydrogen) atoms. The number of hydrogen-bond acceptors (Lipinski definition) is 4. The summed E-state index contributed by atoms with van der Waals surface area (Å²) < 4.78 is 5.44. The van der Waals surface area contributed by atoms with E-state index in [0.29, 0.717) is 19.3 Å². The number of carboxylic acid groups (broad SMARTS) is 1. The lowest BCUT2D eigenvalue weighted by atomic mass is 10.0. The van der Waals surface area contributed by atoms with Gasteiger partial charge in [-0.3, -0.25) is 10.1 Å². The molecule has 0 aliphatic rings. The van der Waals surface area contributed by atoms with Gasteiger partial charge in [-0.2, -0.15) is 0 Å². The zero-order valence-corrected chi connectivity index (χ0v) is 13.0. The number of benzene rings is 1. The Hall–Kier alpha value is -2.11. The second kappa shape index (κ2) is 9.12. The van der Waals surface area contributed by atoms with Crippen molar-refractivity contribution in [3.8, 4) is 0 Å². The third kappa shape index (κ3) is 5.54. The van der Waals surface area contributed by atoms with Crippen molar-refractivity contribution in [2.75, 3.05) is 6.61 Å². The Kier molecular flexibility index (Phi) is 6.84. The topological polar surface area (TPSA) is 82.7 Å². The normalized spacial score (nSPS) is 13.6. The number of furan rings is 1. The van der Waals surface area contributed by atoms with Gasteiger partial charge in [-0.15, -0.1) is 0 Å². The Morgan fingerprint density at radius 3 is 2.52 bits per heavy atom. The van der Waals surface area contributed by atoms with Crippen LogP contribution in [0, 0.1) is 0 Å². The number of aliphatic hydroxyl groups excluding tert-OH is 1. The van der Waals surface area contributed by atoms with Crippen LogP contribution < -0.4 is 5.32 Å². The van der Waals surface area contributed by atoms with Gasteiger partial charge in [0.25, 0.3) is 0 Å². The first-order valence-electron chi connectivity index (χ1n) is 7.87. The summed E-state index contributed by atoms with van der Waals surface area (Å²) in [6.07, 6.45) is 4.20. The summed E-state index contributed by atoms with van der Waals surface area (Å²) in [7, 11) is 0. The molecule has 0 radical (unpaired) electrons. The van der Waals surface area contributed by atoms with Crippen molar-refractivity contribution in [1.82, 2.24) is 5.32 Å². The summed E-state index contributed by atoms with van der Waals surface area (Å²) in [6, 6.07) is 12.3. The zero-order chi connectivity index (χ0) is 16.5. The van der Waals surface area contributed by atoms with E-state index in [1.165, 1.54) is 0 Å². The number of aliphatic carboxylic acids is 1. The van der Waals surface area contributed by atoms with Crippen molar-refractivity contribution in [1.29, 1.82) is 0 Å². The molecule has 0 amide bonds. The maximum absolute atomic E-state index is 11.6. The Balaban J connectivity index is 2.05. The number of hydrogen-bond donors (Lipinski definition) is 3. The van der Waals surface area contributed by atoms with Gasteiger partial charge in [-0.05, 0) is 43.4 Å². The molecule has 5 nitrogen and oxygen atoms in total. The summed E-state index contributed by atoms with van der Waals surface area (Å²) in [5, 5.41) is 21.6. The Bertz CT molecular complexity index is 568. The minimum Gasteiger partial charge on any atom is -0.480 e. The summed E-state index contributed by atoms with van der Waals surface area (Å²) in [6.45, 7) is 0.136. The number of nitrogens with one attached hydrogen (secondary N) is 1. The molecule has 2 unspecified atom stereocenters. The standard InChI is InChI=1S/C18H23NO4/c20-11-5-4-9-15(17-10-6-12-23-17)19-16(18(21)22)13-14-7-2-1-3-8-14/h1-3,6-8,10,12,15-16,19-20H,4-5,9,11,13H2,(H,21,22). The second-order valence-corrected chi connectivity index (χ2v) is 5.53. The third-order valence-electron chi connectivity index (χ3n) is 3.77. The number of carboxylic acids is 1. The molecular weight excluding hydrogens is 294 g/mol. The fraction of sp³-hybridized carbons (Fsp3) is 0.389. The molecule has 1 aromatic carbocycles. The molecule has 0 aliphatic heterocycles. The van der Waals surface area contributed by atoms with Crippen molar-refractivity contribution in [2.24, 2.45) is 0 Å². The maximum Gasteiger partial charge on any atom is 0.321 e. The molecule has 0 saturated heterocycles. The van der Waals surface area contributed by atoms with Gasteiger partial charge < -0.3 is 14.6 Å². The highest BCUT2D eigenvalue weighted by molar-refractivity contribution is 5.74. The molecule has 2 rings (SSSR count). The monoisotopic (exact) mass is 317 g/mol. The van der Waals surface area contributed by atoms with Crippen LogP contribution in [0.15, 0.2) is 53.1 Å². The quantitative estimate of drug-likeness (QED) is 0.587. The molecule has 2 atom stereocenters. The van der Waals surface area contributed by atoms with E-state index in [1.54, 1.807) is 12.3 Å². The molecule has 0 aliphatic carbocycles. The Labute approximate surface area is 136 Å². The van der Waals surface area contributed by atoms with Crippen LogP contribution in [-0.2, 0) is 11.2 Å². The second-order valence-electron chi connectivity index (χ2n) is 5.53. The van der Waals surface area contributed by atoms with Gasteiger partial charge in [0, 0.05) is 6.61 Å². The molecule has 5 heteroatoms. The maximum atomic E-state index is 11.6. The van der Waals surface area contributed by atoms with E-state index in [9.17, 15) is 9.90 Å². The van der Waals surface area contributed by atoms with Gasteiger partial charge in [0.1, 0.15) is 11.8 Å². The van der Waals surface area contributed by atoms with E-state index in [4.69, 9.17) is 9.52 Å². The first-order valence-corrected chi connectivity index (χ1v) is 7.87. The molecule has 3 N–H and O–H groups in total. The molecule has 124 valence electrons. The summed E-state index contributed by atoms with van der Waals surface area (Å²) in [4.78, 5) is 11.6. The van der Waals surface area contributed by atoms with Gasteiger partial charge >= 0.3 is 5.97 Å². The predicted octanol–water partition coefficient (Wildman–Crippen LogP) is 2.77. The third-order valence-corrected chi connectivity index (χ3v) is 3.77. The smallest absolute Gasteiger partial charge is 0.321 e. The highest BCUT2D eigenvalue weighted by atomic mass is 16.4. The molecule has 0 spiro atoms. The van der Waals surface area contributed by atoms with Crippen LogP contribution in [-0.4, -0.2) is 28.8 Å². The minimum atomic E-state index is -0.882. The highest BCUT2D eigenvalue weighted by Gasteiger charge is 2.24. The lowest BCUT2D eigenvalue weighted by molar-refractivity contribution is -0.139.